The minimum atomic E-state index is -2.82. The van der Waals surface area contributed by atoms with Gasteiger partial charge in [-0.3, -0.25) is 10.1 Å². The summed E-state index contributed by atoms with van der Waals surface area (Å²) in [6.07, 6.45) is 2.87. The number of hydrogen-bond donors (Lipinski definition) is 2. The summed E-state index contributed by atoms with van der Waals surface area (Å²) in [7, 11) is -2.82. The Balaban J connectivity index is 1.72. The summed E-state index contributed by atoms with van der Waals surface area (Å²) in [5.74, 6) is -1.13. The van der Waals surface area contributed by atoms with Gasteiger partial charge in [-0.05, 0) is 23.8 Å². The third-order valence-electron chi connectivity index (χ3n) is 3.45. The van der Waals surface area contributed by atoms with E-state index in [1.807, 2.05) is 30.3 Å². The predicted molar refractivity (Wildman–Crippen MR) is 106 cm³/mol. The summed E-state index contributed by atoms with van der Waals surface area (Å²) in [5.41, 5.74) is 0.953. The Morgan fingerprint density at radius 2 is 1.75 bits per heavy atom. The molecule has 0 saturated carbocycles. The van der Waals surface area contributed by atoms with Crippen molar-refractivity contribution in [3.8, 4) is 5.75 Å². The van der Waals surface area contributed by atoms with Crippen LogP contribution < -0.4 is 10.1 Å². The molecule has 0 unspecified atom stereocenters. The van der Waals surface area contributed by atoms with E-state index in [0.717, 1.165) is 16.9 Å². The molecular weight excluding hydrogens is 400 g/mol. The number of aromatic nitrogens is 1. The van der Waals surface area contributed by atoms with Crippen molar-refractivity contribution in [1.29, 1.82) is 0 Å². The highest BCUT2D eigenvalue weighted by atomic mass is 32.2. The van der Waals surface area contributed by atoms with E-state index >= 15 is 0 Å². The van der Waals surface area contributed by atoms with E-state index in [9.17, 15) is 18.0 Å². The monoisotopic (exact) mass is 414 g/mol. The first-order chi connectivity index (χ1) is 13.5. The Labute approximate surface area is 166 Å². The van der Waals surface area contributed by atoms with Crippen molar-refractivity contribution in [2.75, 3.05) is 5.32 Å². The highest BCUT2D eigenvalue weighted by Crippen LogP contribution is 2.22. The van der Waals surface area contributed by atoms with E-state index in [2.05, 4.69) is 10.3 Å². The number of carbonyl (C=O) groups is 2. The van der Waals surface area contributed by atoms with Gasteiger partial charge in [-0.2, -0.15) is 0 Å². The fraction of sp³-hybridized carbons (Fsp3) is 0. The van der Waals surface area contributed by atoms with Crippen LogP contribution in [0.15, 0.2) is 71.1 Å². The second-order valence-corrected chi connectivity index (χ2v) is 7.21. The molecule has 0 aliphatic rings. The lowest BCUT2D eigenvalue weighted by Gasteiger charge is -2.08. The summed E-state index contributed by atoms with van der Waals surface area (Å²) in [6, 6.07) is 15.5. The van der Waals surface area contributed by atoms with E-state index in [0.29, 0.717) is 0 Å². The predicted octanol–water partition coefficient (Wildman–Crippen LogP) is 2.98. The maximum absolute atomic E-state index is 12.5. The third kappa shape index (κ3) is 5.12. The van der Waals surface area contributed by atoms with E-state index < -0.39 is 22.6 Å². The zero-order chi connectivity index (χ0) is 19.9. The highest BCUT2D eigenvalue weighted by molar-refractivity contribution is 7.72. The molecule has 28 heavy (non-hydrogen) atoms. The molecule has 0 saturated heterocycles. The van der Waals surface area contributed by atoms with Crippen LogP contribution in [0, 0.1) is 0 Å². The number of benzene rings is 2. The molecule has 142 valence electrons. The molecule has 1 N–H and O–H groups in total. The Hall–Kier alpha value is -3.30. The molecule has 7 nitrogen and oxygen atoms in total. The summed E-state index contributed by atoms with van der Waals surface area (Å²) < 4.78 is 27.1. The van der Waals surface area contributed by atoms with Crippen molar-refractivity contribution in [3.05, 3.63) is 77.2 Å². The Morgan fingerprint density at radius 3 is 2.46 bits per heavy atom. The number of thiazole rings is 1. The molecule has 3 rings (SSSR count). The molecule has 0 atom stereocenters. The third-order valence-corrected chi connectivity index (χ3v) is 4.99. The van der Waals surface area contributed by atoms with Gasteiger partial charge in [0.15, 0.2) is 20.9 Å². The van der Waals surface area contributed by atoms with Crippen molar-refractivity contribution in [1.82, 2.24) is 4.98 Å². The van der Waals surface area contributed by atoms with Gasteiger partial charge in [-0.15, -0.1) is 11.3 Å². The van der Waals surface area contributed by atoms with Gasteiger partial charge in [-0.25, -0.2) is 18.2 Å². The van der Waals surface area contributed by atoms with Crippen molar-refractivity contribution in [2.24, 2.45) is 0 Å². The minimum Gasteiger partial charge on any atom is -0.423 e. The van der Waals surface area contributed by atoms with E-state index in [1.54, 1.807) is 18.2 Å². The Bertz CT molecular complexity index is 1100. The van der Waals surface area contributed by atoms with Gasteiger partial charge in [0.1, 0.15) is 5.75 Å². The number of nitrogens with one attached hydrogen (secondary N) is 1. The number of amides is 1. The quantitative estimate of drug-likeness (QED) is 0.278. The first-order valence-electron chi connectivity index (χ1n) is 7.98. The van der Waals surface area contributed by atoms with Crippen LogP contribution in [0.25, 0.3) is 6.08 Å². The number of nitrogens with zero attached hydrogens (tertiary/aromatic N) is 1. The number of rotatable bonds is 6. The molecule has 1 aromatic heterocycles. The van der Waals surface area contributed by atoms with Gasteiger partial charge >= 0.3 is 5.97 Å². The zero-order valence-electron chi connectivity index (χ0n) is 14.3. The number of anilines is 1. The van der Waals surface area contributed by atoms with Crippen molar-refractivity contribution < 1.29 is 22.7 Å². The summed E-state index contributed by atoms with van der Waals surface area (Å²) in [6.45, 7) is 0. The second-order valence-electron chi connectivity index (χ2n) is 5.38. The largest absolute Gasteiger partial charge is 0.423 e. The van der Waals surface area contributed by atoms with E-state index in [4.69, 9.17) is 4.74 Å². The molecule has 2 aromatic carbocycles. The van der Waals surface area contributed by atoms with Crippen molar-refractivity contribution in [2.45, 2.75) is 5.03 Å². The molecule has 9 heteroatoms. The topological polar surface area (TPSA) is 102 Å². The number of carbonyl (C=O) groups excluding carboxylic acids is 2. The van der Waals surface area contributed by atoms with Crippen LogP contribution in [0.3, 0.4) is 0 Å². The first kappa shape index (κ1) is 19.5. The van der Waals surface area contributed by atoms with Gasteiger partial charge in [0, 0.05) is 11.5 Å². The number of esters is 1. The molecule has 0 radical (unpaired) electrons. The maximum atomic E-state index is 12.5. The van der Waals surface area contributed by atoms with Crippen LogP contribution in [-0.4, -0.2) is 25.3 Å². The second kappa shape index (κ2) is 9.07. The minimum absolute atomic E-state index is 0.0781. The van der Waals surface area contributed by atoms with Crippen LogP contribution in [-0.2, 0) is 15.5 Å². The van der Waals surface area contributed by atoms with Gasteiger partial charge < -0.3 is 4.74 Å². The van der Waals surface area contributed by atoms with Crippen LogP contribution in [0.2, 0.25) is 0 Å². The maximum Gasteiger partial charge on any atom is 0.336 e. The molecule has 0 fully saturated rings. The molecular formula is C19H14N2O5S2. The van der Waals surface area contributed by atoms with Gasteiger partial charge in [-0.1, -0.05) is 42.5 Å². The highest BCUT2D eigenvalue weighted by Gasteiger charge is 2.16. The molecule has 3 aromatic rings. The average molecular weight is 414 g/mol. The zero-order valence-corrected chi connectivity index (χ0v) is 16.0. The molecule has 0 aliphatic carbocycles. The van der Waals surface area contributed by atoms with Crippen LogP contribution >= 0.6 is 11.3 Å². The first-order valence-corrected chi connectivity index (χ1v) is 10.0. The SMILES string of the molecule is O=C(/C=C/c1ccccc1)Oc1ccccc1C(=O)Nc1nc([SH](=O)=O)cs1. The van der Waals surface area contributed by atoms with Crippen LogP contribution in [0.1, 0.15) is 15.9 Å². The summed E-state index contributed by atoms with van der Waals surface area (Å²) in [5, 5.41) is 3.82. The van der Waals surface area contributed by atoms with E-state index in [-0.39, 0.29) is 21.5 Å². The fourth-order valence-corrected chi connectivity index (χ4v) is 3.51. The number of thiol groups is 1. The Kier molecular flexibility index (Phi) is 6.30. The number of hydrogen-bond acceptors (Lipinski definition) is 7. The number of para-hydroxylation sites is 1. The van der Waals surface area contributed by atoms with E-state index in [1.165, 1.54) is 23.6 Å². The number of ether oxygens (including phenoxy) is 1. The average Bonchev–Trinajstić information content (AvgIpc) is 3.16. The summed E-state index contributed by atoms with van der Waals surface area (Å²) in [4.78, 5) is 28.3. The van der Waals surface area contributed by atoms with Crippen molar-refractivity contribution in [3.63, 3.8) is 0 Å². The van der Waals surface area contributed by atoms with Gasteiger partial charge in [0.2, 0.25) is 0 Å². The lowest BCUT2D eigenvalue weighted by Crippen LogP contribution is -2.15. The summed E-state index contributed by atoms with van der Waals surface area (Å²) >= 11 is 0.981. The molecule has 0 aliphatic heterocycles. The lowest BCUT2D eigenvalue weighted by atomic mass is 10.2. The molecule has 1 amide bonds. The molecule has 0 spiro atoms. The molecule has 0 bridgehead atoms. The smallest absolute Gasteiger partial charge is 0.336 e. The van der Waals surface area contributed by atoms with Gasteiger partial charge in [0.25, 0.3) is 5.91 Å². The van der Waals surface area contributed by atoms with Crippen LogP contribution in [0.5, 0.6) is 5.75 Å². The van der Waals surface area contributed by atoms with Gasteiger partial charge in [0.05, 0.1) is 5.56 Å². The Morgan fingerprint density at radius 1 is 1.04 bits per heavy atom. The fourth-order valence-electron chi connectivity index (χ4n) is 2.19. The molecule has 1 heterocycles. The normalized spacial score (nSPS) is 10.9. The van der Waals surface area contributed by atoms with Crippen molar-refractivity contribution >= 4 is 45.1 Å². The lowest BCUT2D eigenvalue weighted by molar-refractivity contribution is -0.128. The standard InChI is InChI=1S/C19H14N2O5S2/c22-17(11-10-13-6-2-1-3-7-13)26-15-9-5-4-8-14(15)18(23)21-19-20-16(12-27-19)28(24)25/h1-12,28H,(H,20,21,23)/b11-10+. The van der Waals surface area contributed by atoms with Crippen LogP contribution in [0.4, 0.5) is 5.13 Å².